The third kappa shape index (κ3) is 5.07. The smallest absolute Gasteiger partial charge is 0.305 e. The second kappa shape index (κ2) is 6.31. The standard InChI is InChI=1S/C14H20N2O3/c1-14(2,3)16(9-7-13(18)19)12(17)10-11-6-4-5-8-15-11/h4-6,8H,7,9-10H2,1-3H3,(H,18,19). The van der Waals surface area contributed by atoms with Crippen molar-refractivity contribution < 1.29 is 14.7 Å². The van der Waals surface area contributed by atoms with Gasteiger partial charge in [0.15, 0.2) is 0 Å². The first-order valence-electron chi connectivity index (χ1n) is 6.23. The van der Waals surface area contributed by atoms with E-state index in [2.05, 4.69) is 4.98 Å². The maximum absolute atomic E-state index is 12.3. The molecule has 1 rings (SSSR count). The lowest BCUT2D eigenvalue weighted by atomic mass is 10.0. The van der Waals surface area contributed by atoms with E-state index in [1.54, 1.807) is 23.2 Å². The number of hydrogen-bond acceptors (Lipinski definition) is 3. The number of carboxylic acids is 1. The molecule has 0 aliphatic rings. The molecule has 0 atom stereocenters. The molecular formula is C14H20N2O3. The number of aromatic nitrogens is 1. The molecule has 0 saturated carbocycles. The summed E-state index contributed by atoms with van der Waals surface area (Å²) in [5, 5.41) is 8.75. The fourth-order valence-corrected chi connectivity index (χ4v) is 1.79. The van der Waals surface area contributed by atoms with E-state index >= 15 is 0 Å². The van der Waals surface area contributed by atoms with Crippen molar-refractivity contribution in [3.05, 3.63) is 30.1 Å². The minimum Gasteiger partial charge on any atom is -0.481 e. The summed E-state index contributed by atoms with van der Waals surface area (Å²) >= 11 is 0. The van der Waals surface area contributed by atoms with Gasteiger partial charge in [-0.1, -0.05) is 6.07 Å². The van der Waals surface area contributed by atoms with Gasteiger partial charge in [-0.15, -0.1) is 0 Å². The Kier molecular flexibility index (Phi) is 5.03. The summed E-state index contributed by atoms with van der Waals surface area (Å²) in [6.45, 7) is 5.89. The third-order valence-corrected chi connectivity index (χ3v) is 2.72. The van der Waals surface area contributed by atoms with Crippen molar-refractivity contribution in [1.29, 1.82) is 0 Å². The highest BCUT2D eigenvalue weighted by Gasteiger charge is 2.26. The lowest BCUT2D eigenvalue weighted by molar-refractivity contribution is -0.140. The molecule has 0 radical (unpaired) electrons. The van der Waals surface area contributed by atoms with E-state index in [-0.39, 0.29) is 25.3 Å². The van der Waals surface area contributed by atoms with Crippen molar-refractivity contribution >= 4 is 11.9 Å². The van der Waals surface area contributed by atoms with Gasteiger partial charge in [0.05, 0.1) is 12.8 Å². The monoisotopic (exact) mass is 264 g/mol. The molecule has 5 nitrogen and oxygen atoms in total. The van der Waals surface area contributed by atoms with Crippen LogP contribution in [0.2, 0.25) is 0 Å². The predicted octanol–water partition coefficient (Wildman–Crippen LogP) is 1.73. The average Bonchev–Trinajstić information content (AvgIpc) is 2.28. The van der Waals surface area contributed by atoms with E-state index in [1.807, 2.05) is 26.8 Å². The molecule has 0 bridgehead atoms. The van der Waals surface area contributed by atoms with Crippen LogP contribution in [0, 0.1) is 0 Å². The molecule has 0 aromatic carbocycles. The number of nitrogens with zero attached hydrogens (tertiary/aromatic N) is 2. The van der Waals surface area contributed by atoms with Crippen molar-refractivity contribution in [3.8, 4) is 0 Å². The minimum atomic E-state index is -0.903. The normalized spacial score (nSPS) is 11.1. The first-order valence-corrected chi connectivity index (χ1v) is 6.23. The van der Waals surface area contributed by atoms with Gasteiger partial charge in [-0.05, 0) is 32.9 Å². The minimum absolute atomic E-state index is 0.0504. The Bertz CT molecular complexity index is 438. The molecule has 1 N–H and O–H groups in total. The largest absolute Gasteiger partial charge is 0.481 e. The van der Waals surface area contributed by atoms with Crippen molar-refractivity contribution in [3.63, 3.8) is 0 Å². The molecule has 0 saturated heterocycles. The zero-order chi connectivity index (χ0) is 14.5. The van der Waals surface area contributed by atoms with Gasteiger partial charge >= 0.3 is 5.97 Å². The Hall–Kier alpha value is -1.91. The van der Waals surface area contributed by atoms with Crippen LogP contribution < -0.4 is 0 Å². The van der Waals surface area contributed by atoms with Gasteiger partial charge < -0.3 is 10.0 Å². The number of hydrogen-bond donors (Lipinski definition) is 1. The molecule has 5 heteroatoms. The highest BCUT2D eigenvalue weighted by Crippen LogP contribution is 2.15. The first kappa shape index (κ1) is 15.1. The van der Waals surface area contributed by atoms with Crippen LogP contribution in [0.1, 0.15) is 32.9 Å². The van der Waals surface area contributed by atoms with Crippen LogP contribution >= 0.6 is 0 Å². The summed E-state index contributed by atoms with van der Waals surface area (Å²) in [6.07, 6.45) is 1.78. The van der Waals surface area contributed by atoms with Crippen molar-refractivity contribution in [2.75, 3.05) is 6.54 Å². The average molecular weight is 264 g/mol. The van der Waals surface area contributed by atoms with Gasteiger partial charge in [-0.3, -0.25) is 14.6 Å². The summed E-state index contributed by atoms with van der Waals surface area (Å²) in [5.74, 6) is -1.01. The second-order valence-electron chi connectivity index (χ2n) is 5.36. The van der Waals surface area contributed by atoms with Crippen LogP contribution in [0.25, 0.3) is 0 Å². The van der Waals surface area contributed by atoms with Crippen molar-refractivity contribution in [2.24, 2.45) is 0 Å². The summed E-state index contributed by atoms with van der Waals surface area (Å²) in [5.41, 5.74) is 0.290. The lowest BCUT2D eigenvalue weighted by Gasteiger charge is -2.35. The van der Waals surface area contributed by atoms with Gasteiger partial charge in [0.25, 0.3) is 0 Å². The summed E-state index contributed by atoms with van der Waals surface area (Å²) in [7, 11) is 0. The zero-order valence-electron chi connectivity index (χ0n) is 11.6. The summed E-state index contributed by atoms with van der Waals surface area (Å²) in [4.78, 5) is 28.6. The molecule has 19 heavy (non-hydrogen) atoms. The summed E-state index contributed by atoms with van der Waals surface area (Å²) < 4.78 is 0. The molecule has 0 aliphatic heterocycles. The van der Waals surface area contributed by atoms with Crippen LogP contribution in [0.4, 0.5) is 0 Å². The second-order valence-corrected chi connectivity index (χ2v) is 5.36. The highest BCUT2D eigenvalue weighted by atomic mass is 16.4. The first-order chi connectivity index (χ1) is 8.80. The number of carbonyl (C=O) groups is 2. The lowest BCUT2D eigenvalue weighted by Crippen LogP contribution is -2.47. The zero-order valence-corrected chi connectivity index (χ0v) is 11.6. The van der Waals surface area contributed by atoms with E-state index in [0.717, 1.165) is 0 Å². The van der Waals surface area contributed by atoms with Gasteiger partial charge in [-0.25, -0.2) is 0 Å². The summed E-state index contributed by atoms with van der Waals surface area (Å²) in [6, 6.07) is 5.41. The topological polar surface area (TPSA) is 70.5 Å². The van der Waals surface area contributed by atoms with E-state index in [1.165, 1.54) is 0 Å². The quantitative estimate of drug-likeness (QED) is 0.879. The van der Waals surface area contributed by atoms with E-state index in [0.29, 0.717) is 5.69 Å². The maximum atomic E-state index is 12.3. The van der Waals surface area contributed by atoms with E-state index in [4.69, 9.17) is 5.11 Å². The number of carbonyl (C=O) groups excluding carboxylic acids is 1. The molecular weight excluding hydrogens is 244 g/mol. The van der Waals surface area contributed by atoms with Crippen molar-refractivity contribution in [2.45, 2.75) is 39.2 Å². The Morgan fingerprint density at radius 1 is 1.32 bits per heavy atom. The van der Waals surface area contributed by atoms with Gasteiger partial charge in [0, 0.05) is 24.0 Å². The molecule has 1 aromatic heterocycles. The van der Waals surface area contributed by atoms with Gasteiger partial charge in [0.1, 0.15) is 0 Å². The molecule has 1 amide bonds. The SMILES string of the molecule is CC(C)(C)N(CCC(=O)O)C(=O)Cc1ccccn1. The van der Waals surface area contributed by atoms with Crippen LogP contribution in [0.15, 0.2) is 24.4 Å². The highest BCUT2D eigenvalue weighted by molar-refractivity contribution is 5.79. The molecule has 1 aromatic rings. The van der Waals surface area contributed by atoms with Crippen LogP contribution in [-0.4, -0.2) is 39.0 Å². The number of carboxylic acid groups (broad SMARTS) is 1. The molecule has 104 valence electrons. The predicted molar refractivity (Wildman–Crippen MR) is 71.7 cm³/mol. The Balaban J connectivity index is 2.74. The Morgan fingerprint density at radius 2 is 2.00 bits per heavy atom. The van der Waals surface area contributed by atoms with Crippen molar-refractivity contribution in [1.82, 2.24) is 9.88 Å². The number of aliphatic carboxylic acids is 1. The Labute approximate surface area is 113 Å². The van der Waals surface area contributed by atoms with E-state index < -0.39 is 11.5 Å². The Morgan fingerprint density at radius 3 is 2.47 bits per heavy atom. The van der Waals surface area contributed by atoms with Gasteiger partial charge in [0.2, 0.25) is 5.91 Å². The fourth-order valence-electron chi connectivity index (χ4n) is 1.79. The van der Waals surface area contributed by atoms with Gasteiger partial charge in [-0.2, -0.15) is 0 Å². The van der Waals surface area contributed by atoms with Crippen LogP contribution in [0.3, 0.4) is 0 Å². The molecule has 0 fully saturated rings. The van der Waals surface area contributed by atoms with Crippen LogP contribution in [-0.2, 0) is 16.0 Å². The fraction of sp³-hybridized carbons (Fsp3) is 0.500. The molecule has 0 unspecified atom stereocenters. The third-order valence-electron chi connectivity index (χ3n) is 2.72. The van der Waals surface area contributed by atoms with E-state index in [9.17, 15) is 9.59 Å². The molecule has 1 heterocycles. The maximum Gasteiger partial charge on any atom is 0.305 e. The van der Waals surface area contributed by atoms with Crippen LogP contribution in [0.5, 0.6) is 0 Å². The number of amides is 1. The molecule has 0 aliphatic carbocycles. The molecule has 0 spiro atoms. The number of rotatable bonds is 5. The number of pyridine rings is 1.